The molecule has 1 amide bonds. The largest absolute Gasteiger partial charge is 0.390 e. The molecular weight excluding hydrogens is 210 g/mol. The molecule has 0 saturated carbocycles. The first-order chi connectivity index (χ1) is 7.74. The molecule has 0 aromatic carbocycles. The van der Waals surface area contributed by atoms with Crippen molar-refractivity contribution in [1.29, 1.82) is 0 Å². The molecule has 0 radical (unpaired) electrons. The van der Waals surface area contributed by atoms with E-state index in [1.807, 2.05) is 4.90 Å². The lowest BCUT2D eigenvalue weighted by molar-refractivity contribution is -0.135. The minimum Gasteiger partial charge on any atom is -0.390 e. The number of likely N-dealkylation sites (N-methyl/N-ethyl adjacent to an activating group) is 1. The molecule has 3 N–H and O–H groups in total. The van der Waals surface area contributed by atoms with Gasteiger partial charge in [0.05, 0.1) is 25.4 Å². The van der Waals surface area contributed by atoms with Crippen molar-refractivity contribution in [1.82, 2.24) is 15.5 Å². The number of nitrogens with one attached hydrogen (secondary N) is 2. The zero-order chi connectivity index (χ0) is 11.5. The molecule has 0 bridgehead atoms. The second-order valence-electron chi connectivity index (χ2n) is 4.24. The van der Waals surface area contributed by atoms with E-state index in [0.717, 1.165) is 6.54 Å². The number of morpholine rings is 1. The van der Waals surface area contributed by atoms with Gasteiger partial charge in [-0.1, -0.05) is 0 Å². The molecule has 3 atom stereocenters. The van der Waals surface area contributed by atoms with E-state index in [-0.39, 0.29) is 18.0 Å². The van der Waals surface area contributed by atoms with Gasteiger partial charge in [-0.25, -0.2) is 0 Å². The third-order valence-electron chi connectivity index (χ3n) is 3.30. The minimum absolute atomic E-state index is 0.0196. The Morgan fingerprint density at radius 2 is 2.38 bits per heavy atom. The summed E-state index contributed by atoms with van der Waals surface area (Å²) in [5.41, 5.74) is 0. The van der Waals surface area contributed by atoms with Crippen molar-refractivity contribution in [2.24, 2.45) is 0 Å². The molecule has 2 rings (SSSR count). The number of hydrogen-bond donors (Lipinski definition) is 3. The van der Waals surface area contributed by atoms with Crippen LogP contribution in [0.4, 0.5) is 0 Å². The number of hydrogen-bond acceptors (Lipinski definition) is 5. The fourth-order valence-electron chi connectivity index (χ4n) is 2.40. The number of nitrogens with zero attached hydrogens (tertiary/aromatic N) is 1. The van der Waals surface area contributed by atoms with Gasteiger partial charge in [0.2, 0.25) is 5.91 Å². The molecule has 2 aliphatic rings. The summed E-state index contributed by atoms with van der Waals surface area (Å²) in [6.07, 6.45) is -0.398. The van der Waals surface area contributed by atoms with E-state index >= 15 is 0 Å². The van der Waals surface area contributed by atoms with E-state index in [1.165, 1.54) is 0 Å². The molecule has 0 spiro atoms. The first kappa shape index (κ1) is 11.8. The number of rotatable bonds is 2. The molecule has 3 unspecified atom stereocenters. The first-order valence-electron chi connectivity index (χ1n) is 5.68. The number of carbonyl (C=O) groups excluding carboxylic acids is 1. The van der Waals surface area contributed by atoms with Crippen LogP contribution < -0.4 is 10.6 Å². The van der Waals surface area contributed by atoms with Crippen molar-refractivity contribution in [2.75, 3.05) is 39.9 Å². The SMILES string of the molecule is CNC(=O)C1COCCN1C1CNCC1O. The first-order valence-corrected chi connectivity index (χ1v) is 5.68. The van der Waals surface area contributed by atoms with E-state index in [0.29, 0.717) is 26.3 Å². The van der Waals surface area contributed by atoms with Gasteiger partial charge in [-0.15, -0.1) is 0 Å². The van der Waals surface area contributed by atoms with Crippen molar-refractivity contribution in [3.05, 3.63) is 0 Å². The van der Waals surface area contributed by atoms with E-state index in [2.05, 4.69) is 10.6 Å². The van der Waals surface area contributed by atoms with Gasteiger partial charge >= 0.3 is 0 Å². The Morgan fingerprint density at radius 1 is 1.56 bits per heavy atom. The molecule has 16 heavy (non-hydrogen) atoms. The number of amides is 1. The summed E-state index contributed by atoms with van der Waals surface area (Å²) in [5, 5.41) is 15.6. The van der Waals surface area contributed by atoms with Gasteiger partial charge in [-0.3, -0.25) is 9.69 Å². The number of β-amino-alcohol motifs (C(OH)–C–C–N with tert-alkyl or cyclic N) is 1. The standard InChI is InChI=1S/C10H19N3O3/c1-11-10(15)8-6-16-3-2-13(8)7-4-12-5-9(7)14/h7-9,12,14H,2-6H2,1H3,(H,11,15). The normalized spacial score (nSPS) is 36.2. The van der Waals surface area contributed by atoms with Crippen LogP contribution in [0.15, 0.2) is 0 Å². The Kier molecular flexibility index (Phi) is 3.75. The van der Waals surface area contributed by atoms with Gasteiger partial charge in [0.15, 0.2) is 0 Å². The van der Waals surface area contributed by atoms with Crippen LogP contribution in [0.1, 0.15) is 0 Å². The molecule has 2 aliphatic heterocycles. The van der Waals surface area contributed by atoms with Crippen molar-refractivity contribution in [3.63, 3.8) is 0 Å². The van der Waals surface area contributed by atoms with Crippen LogP contribution in [0.2, 0.25) is 0 Å². The van der Waals surface area contributed by atoms with E-state index in [9.17, 15) is 9.90 Å². The average Bonchev–Trinajstić information content (AvgIpc) is 2.74. The molecular formula is C10H19N3O3. The monoisotopic (exact) mass is 229 g/mol. The predicted octanol–water partition coefficient (Wildman–Crippen LogP) is -2.23. The summed E-state index contributed by atoms with van der Waals surface area (Å²) in [5.74, 6) is -0.0428. The maximum absolute atomic E-state index is 11.7. The smallest absolute Gasteiger partial charge is 0.239 e. The molecule has 2 saturated heterocycles. The maximum Gasteiger partial charge on any atom is 0.239 e. The van der Waals surface area contributed by atoms with Gasteiger partial charge in [0, 0.05) is 26.7 Å². The van der Waals surface area contributed by atoms with Crippen LogP contribution in [0, 0.1) is 0 Å². The van der Waals surface area contributed by atoms with Crippen LogP contribution in [-0.4, -0.2) is 74.0 Å². The Balaban J connectivity index is 2.06. The third kappa shape index (κ3) is 2.20. The van der Waals surface area contributed by atoms with Gasteiger partial charge < -0.3 is 20.5 Å². The third-order valence-corrected chi connectivity index (χ3v) is 3.30. The molecule has 0 aromatic rings. The lowest BCUT2D eigenvalue weighted by Crippen LogP contribution is -2.59. The maximum atomic E-state index is 11.7. The van der Waals surface area contributed by atoms with Gasteiger partial charge in [-0.2, -0.15) is 0 Å². The van der Waals surface area contributed by atoms with Crippen molar-refractivity contribution in [3.8, 4) is 0 Å². The average molecular weight is 229 g/mol. The quantitative estimate of drug-likeness (QED) is 0.499. The van der Waals surface area contributed by atoms with Crippen LogP contribution in [0.25, 0.3) is 0 Å². The zero-order valence-corrected chi connectivity index (χ0v) is 9.48. The topological polar surface area (TPSA) is 73.8 Å². The van der Waals surface area contributed by atoms with Crippen LogP contribution in [0.3, 0.4) is 0 Å². The Hall–Kier alpha value is -0.690. The highest BCUT2D eigenvalue weighted by atomic mass is 16.5. The Morgan fingerprint density at radius 3 is 3.00 bits per heavy atom. The molecule has 6 nitrogen and oxygen atoms in total. The summed E-state index contributed by atoms with van der Waals surface area (Å²) in [6, 6.07) is -0.260. The summed E-state index contributed by atoms with van der Waals surface area (Å²) >= 11 is 0. The summed E-state index contributed by atoms with van der Waals surface area (Å²) < 4.78 is 5.33. The highest BCUT2D eigenvalue weighted by Gasteiger charge is 2.38. The van der Waals surface area contributed by atoms with Crippen molar-refractivity contribution in [2.45, 2.75) is 18.2 Å². The van der Waals surface area contributed by atoms with Gasteiger partial charge in [-0.05, 0) is 0 Å². The van der Waals surface area contributed by atoms with E-state index in [4.69, 9.17) is 4.74 Å². The fraction of sp³-hybridized carbons (Fsp3) is 0.900. The highest BCUT2D eigenvalue weighted by Crippen LogP contribution is 2.16. The van der Waals surface area contributed by atoms with Crippen LogP contribution >= 0.6 is 0 Å². The van der Waals surface area contributed by atoms with Crippen LogP contribution in [0.5, 0.6) is 0 Å². The second kappa shape index (κ2) is 5.09. The molecule has 92 valence electrons. The van der Waals surface area contributed by atoms with E-state index < -0.39 is 6.10 Å². The number of ether oxygens (including phenoxy) is 1. The predicted molar refractivity (Wildman–Crippen MR) is 58.0 cm³/mol. The molecule has 0 aromatic heterocycles. The minimum atomic E-state index is -0.398. The fourth-order valence-corrected chi connectivity index (χ4v) is 2.40. The highest BCUT2D eigenvalue weighted by molar-refractivity contribution is 5.81. The zero-order valence-electron chi connectivity index (χ0n) is 9.48. The Labute approximate surface area is 94.9 Å². The van der Waals surface area contributed by atoms with Crippen molar-refractivity contribution >= 4 is 5.91 Å². The number of aliphatic hydroxyl groups is 1. The van der Waals surface area contributed by atoms with Gasteiger partial charge in [0.25, 0.3) is 0 Å². The van der Waals surface area contributed by atoms with Crippen molar-refractivity contribution < 1.29 is 14.6 Å². The summed E-state index contributed by atoms with van der Waals surface area (Å²) in [7, 11) is 1.62. The summed E-state index contributed by atoms with van der Waals surface area (Å²) in [6.45, 7) is 3.05. The lowest BCUT2D eigenvalue weighted by Gasteiger charge is -2.39. The molecule has 2 heterocycles. The number of aliphatic hydroxyl groups excluding tert-OH is 1. The Bertz CT molecular complexity index is 262. The van der Waals surface area contributed by atoms with Crippen LogP contribution in [-0.2, 0) is 9.53 Å². The summed E-state index contributed by atoms with van der Waals surface area (Å²) in [4.78, 5) is 13.8. The number of carbonyl (C=O) groups is 1. The second-order valence-corrected chi connectivity index (χ2v) is 4.24. The molecule has 6 heteroatoms. The lowest BCUT2D eigenvalue weighted by atomic mass is 10.1. The molecule has 2 fully saturated rings. The van der Waals surface area contributed by atoms with E-state index in [1.54, 1.807) is 7.05 Å². The van der Waals surface area contributed by atoms with Gasteiger partial charge in [0.1, 0.15) is 6.04 Å². The molecule has 0 aliphatic carbocycles.